The Kier molecular flexibility index (Phi) is 3.56. The fraction of sp³-hybridized carbons (Fsp3) is 0.818. The average Bonchev–Trinajstić information content (AvgIpc) is 2.17. The number of allylic oxidation sites excluding steroid dienone is 1. The number of hydrogen-bond donors (Lipinski definition) is 1. The van der Waals surface area contributed by atoms with Gasteiger partial charge >= 0.3 is 0 Å². The molecule has 0 aromatic heterocycles. The summed E-state index contributed by atoms with van der Waals surface area (Å²) in [6, 6.07) is 0. The predicted molar refractivity (Wildman–Crippen MR) is 57.0 cm³/mol. The number of nitrogens with zero attached hydrogens (tertiary/aromatic N) is 1. The quantitative estimate of drug-likeness (QED) is 0.745. The molecule has 0 aromatic carbocycles. The zero-order valence-electron chi connectivity index (χ0n) is 9.58. The summed E-state index contributed by atoms with van der Waals surface area (Å²) in [6.45, 7) is 4.75. The van der Waals surface area contributed by atoms with Crippen LogP contribution in [0.4, 0.5) is 0 Å². The molecule has 3 heteroatoms. The van der Waals surface area contributed by atoms with Crippen LogP contribution in [0.25, 0.3) is 0 Å². The van der Waals surface area contributed by atoms with Crippen LogP contribution in [0, 0.1) is 0 Å². The van der Waals surface area contributed by atoms with Crippen molar-refractivity contribution in [1.82, 2.24) is 4.90 Å². The molecule has 0 saturated heterocycles. The molecular weight excluding hydrogens is 178 g/mol. The van der Waals surface area contributed by atoms with Crippen molar-refractivity contribution in [2.24, 2.45) is 0 Å². The molecule has 1 aliphatic rings. The van der Waals surface area contributed by atoms with Crippen LogP contribution in [0.15, 0.2) is 11.8 Å². The summed E-state index contributed by atoms with van der Waals surface area (Å²) in [5.41, 5.74) is -0.289. The van der Waals surface area contributed by atoms with E-state index in [4.69, 9.17) is 4.74 Å². The van der Waals surface area contributed by atoms with Crippen LogP contribution in [0.1, 0.15) is 26.7 Å². The van der Waals surface area contributed by atoms with Gasteiger partial charge in [-0.15, -0.1) is 0 Å². The normalized spacial score (nSPS) is 20.3. The monoisotopic (exact) mass is 199 g/mol. The highest BCUT2D eigenvalue weighted by molar-refractivity contribution is 5.09. The Morgan fingerprint density at radius 1 is 1.50 bits per heavy atom. The highest BCUT2D eigenvalue weighted by atomic mass is 16.5. The Hall–Kier alpha value is -0.540. The smallest absolute Gasteiger partial charge is 0.128 e. The average molecular weight is 199 g/mol. The SMILES string of the molecule is CN(C)C(C)(C)C(O)C1=CCCCO1. The third-order valence-electron chi connectivity index (χ3n) is 3.05. The number of rotatable bonds is 3. The van der Waals surface area contributed by atoms with Gasteiger partial charge in [0.25, 0.3) is 0 Å². The van der Waals surface area contributed by atoms with Crippen molar-refractivity contribution in [1.29, 1.82) is 0 Å². The van der Waals surface area contributed by atoms with Crippen molar-refractivity contribution in [2.45, 2.75) is 38.3 Å². The Morgan fingerprint density at radius 3 is 2.57 bits per heavy atom. The molecule has 1 unspecified atom stereocenters. The maximum atomic E-state index is 10.1. The molecule has 1 rings (SSSR count). The van der Waals surface area contributed by atoms with Gasteiger partial charge in [0.15, 0.2) is 0 Å². The largest absolute Gasteiger partial charge is 0.495 e. The van der Waals surface area contributed by atoms with E-state index < -0.39 is 6.10 Å². The molecule has 3 nitrogen and oxygen atoms in total. The summed E-state index contributed by atoms with van der Waals surface area (Å²) < 4.78 is 5.46. The van der Waals surface area contributed by atoms with Gasteiger partial charge in [0.1, 0.15) is 11.9 Å². The van der Waals surface area contributed by atoms with Gasteiger partial charge in [-0.1, -0.05) is 0 Å². The zero-order valence-corrected chi connectivity index (χ0v) is 9.58. The molecule has 1 atom stereocenters. The van der Waals surface area contributed by atoms with Crippen molar-refractivity contribution in [3.63, 3.8) is 0 Å². The zero-order chi connectivity index (χ0) is 10.8. The topological polar surface area (TPSA) is 32.7 Å². The molecule has 14 heavy (non-hydrogen) atoms. The van der Waals surface area contributed by atoms with Crippen LogP contribution in [-0.2, 0) is 4.74 Å². The van der Waals surface area contributed by atoms with Gasteiger partial charge in [-0.3, -0.25) is 0 Å². The lowest BCUT2D eigenvalue weighted by Crippen LogP contribution is -2.50. The van der Waals surface area contributed by atoms with E-state index in [1.54, 1.807) is 0 Å². The summed E-state index contributed by atoms with van der Waals surface area (Å²) in [5, 5.41) is 10.1. The highest BCUT2D eigenvalue weighted by Crippen LogP contribution is 2.25. The molecule has 0 amide bonds. The lowest BCUT2D eigenvalue weighted by atomic mass is 9.93. The second-order valence-electron chi connectivity index (χ2n) is 4.55. The first-order valence-corrected chi connectivity index (χ1v) is 5.14. The number of likely N-dealkylation sites (N-methyl/N-ethyl adjacent to an activating group) is 1. The van der Waals surface area contributed by atoms with Gasteiger partial charge in [-0.05, 0) is 46.9 Å². The Labute approximate surface area is 86.4 Å². The minimum atomic E-state index is -0.544. The maximum Gasteiger partial charge on any atom is 0.128 e. The third-order valence-corrected chi connectivity index (χ3v) is 3.05. The van der Waals surface area contributed by atoms with E-state index in [-0.39, 0.29) is 5.54 Å². The predicted octanol–water partition coefficient (Wildman–Crippen LogP) is 1.38. The first-order chi connectivity index (χ1) is 6.46. The van der Waals surface area contributed by atoms with E-state index in [1.807, 2.05) is 38.9 Å². The standard InChI is InChI=1S/C11H21NO2/c1-11(2,12(3)4)10(13)9-7-5-6-8-14-9/h7,10,13H,5-6,8H2,1-4H3. The first kappa shape index (κ1) is 11.5. The van der Waals surface area contributed by atoms with Crippen LogP contribution in [0.3, 0.4) is 0 Å². The molecule has 0 saturated carbocycles. The third kappa shape index (κ3) is 2.28. The Balaban J connectivity index is 2.72. The minimum Gasteiger partial charge on any atom is -0.495 e. The van der Waals surface area contributed by atoms with Crippen LogP contribution < -0.4 is 0 Å². The number of ether oxygens (including phenoxy) is 1. The summed E-state index contributed by atoms with van der Waals surface area (Å²) >= 11 is 0. The lowest BCUT2D eigenvalue weighted by Gasteiger charge is -2.38. The summed E-state index contributed by atoms with van der Waals surface area (Å²) in [7, 11) is 3.93. The van der Waals surface area contributed by atoms with Crippen LogP contribution >= 0.6 is 0 Å². The summed E-state index contributed by atoms with van der Waals surface area (Å²) in [5.74, 6) is 0.731. The fourth-order valence-corrected chi connectivity index (χ4v) is 1.36. The van der Waals surface area contributed by atoms with Crippen molar-refractivity contribution < 1.29 is 9.84 Å². The molecule has 0 aromatic rings. The molecule has 1 heterocycles. The van der Waals surface area contributed by atoms with Crippen LogP contribution in [-0.4, -0.2) is 42.4 Å². The second-order valence-corrected chi connectivity index (χ2v) is 4.55. The van der Waals surface area contributed by atoms with Gasteiger partial charge in [0.2, 0.25) is 0 Å². The Bertz CT molecular complexity index is 221. The van der Waals surface area contributed by atoms with Crippen molar-refractivity contribution in [3.8, 4) is 0 Å². The molecule has 0 bridgehead atoms. The van der Waals surface area contributed by atoms with Crippen LogP contribution in [0.5, 0.6) is 0 Å². The second kappa shape index (κ2) is 4.32. The fourth-order valence-electron chi connectivity index (χ4n) is 1.36. The van der Waals surface area contributed by atoms with E-state index in [9.17, 15) is 5.11 Å². The molecule has 0 fully saturated rings. The summed E-state index contributed by atoms with van der Waals surface area (Å²) in [6.07, 6.45) is 3.52. The number of hydrogen-bond acceptors (Lipinski definition) is 3. The van der Waals surface area contributed by atoms with E-state index in [0.29, 0.717) is 0 Å². The van der Waals surface area contributed by atoms with Gasteiger partial charge < -0.3 is 14.7 Å². The van der Waals surface area contributed by atoms with E-state index in [0.717, 1.165) is 25.2 Å². The number of aliphatic hydroxyl groups excluding tert-OH is 1. The van der Waals surface area contributed by atoms with Gasteiger partial charge in [0.05, 0.1) is 6.61 Å². The minimum absolute atomic E-state index is 0.289. The van der Waals surface area contributed by atoms with E-state index in [1.165, 1.54) is 0 Å². The molecule has 1 N–H and O–H groups in total. The van der Waals surface area contributed by atoms with Crippen molar-refractivity contribution in [3.05, 3.63) is 11.8 Å². The first-order valence-electron chi connectivity index (χ1n) is 5.14. The van der Waals surface area contributed by atoms with Crippen LogP contribution in [0.2, 0.25) is 0 Å². The Morgan fingerprint density at radius 2 is 2.14 bits per heavy atom. The molecule has 0 spiro atoms. The lowest BCUT2D eigenvalue weighted by molar-refractivity contribution is -0.00365. The number of aliphatic hydroxyl groups is 1. The van der Waals surface area contributed by atoms with Crippen molar-refractivity contribution in [2.75, 3.05) is 20.7 Å². The highest BCUT2D eigenvalue weighted by Gasteiger charge is 2.34. The van der Waals surface area contributed by atoms with Gasteiger partial charge in [0, 0.05) is 5.54 Å². The van der Waals surface area contributed by atoms with Gasteiger partial charge in [-0.2, -0.15) is 0 Å². The van der Waals surface area contributed by atoms with E-state index >= 15 is 0 Å². The molecule has 0 radical (unpaired) electrons. The molecular formula is C11H21NO2. The summed E-state index contributed by atoms with van der Waals surface area (Å²) in [4.78, 5) is 2.01. The molecule has 0 aliphatic carbocycles. The van der Waals surface area contributed by atoms with Gasteiger partial charge in [-0.25, -0.2) is 0 Å². The van der Waals surface area contributed by atoms with E-state index in [2.05, 4.69) is 0 Å². The molecule has 1 aliphatic heterocycles. The molecule has 82 valence electrons. The van der Waals surface area contributed by atoms with Crippen molar-refractivity contribution >= 4 is 0 Å². The maximum absolute atomic E-state index is 10.1.